The molecule has 0 unspecified atom stereocenters. The van der Waals surface area contributed by atoms with Crippen molar-refractivity contribution in [1.29, 1.82) is 0 Å². The van der Waals surface area contributed by atoms with E-state index in [1.54, 1.807) is 12.1 Å². The number of fused-ring (bicyclic) bond motifs is 3. The van der Waals surface area contributed by atoms with Crippen LogP contribution in [0.15, 0.2) is 27.4 Å². The Hall–Kier alpha value is -2.83. The van der Waals surface area contributed by atoms with E-state index in [0.717, 1.165) is 42.2 Å². The van der Waals surface area contributed by atoms with Crippen LogP contribution in [0.1, 0.15) is 50.7 Å². The van der Waals surface area contributed by atoms with E-state index in [1.807, 2.05) is 13.0 Å². The van der Waals surface area contributed by atoms with Gasteiger partial charge in [0.05, 0.1) is 12.0 Å². The van der Waals surface area contributed by atoms with Crippen LogP contribution < -0.4 is 20.8 Å². The number of aryl methyl sites for hydroxylation is 1. The highest BCUT2D eigenvalue weighted by Crippen LogP contribution is 2.29. The summed E-state index contributed by atoms with van der Waals surface area (Å²) >= 11 is 0. The Morgan fingerprint density at radius 1 is 1.25 bits per heavy atom. The Labute approximate surface area is 162 Å². The Morgan fingerprint density at radius 2 is 1.96 bits per heavy atom. The zero-order valence-electron chi connectivity index (χ0n) is 16.1. The molecule has 1 N–H and O–H groups in total. The van der Waals surface area contributed by atoms with Crippen molar-refractivity contribution in [3.8, 4) is 5.75 Å². The van der Waals surface area contributed by atoms with Gasteiger partial charge >= 0.3 is 5.63 Å². The van der Waals surface area contributed by atoms with Crippen molar-refractivity contribution in [3.63, 3.8) is 0 Å². The molecule has 0 saturated heterocycles. The summed E-state index contributed by atoms with van der Waals surface area (Å²) in [6.45, 7) is 3.35. The second kappa shape index (κ2) is 8.46. The van der Waals surface area contributed by atoms with Crippen LogP contribution in [0.25, 0.3) is 11.0 Å². The topological polar surface area (TPSA) is 109 Å². The van der Waals surface area contributed by atoms with Gasteiger partial charge in [-0.05, 0) is 56.7 Å². The van der Waals surface area contributed by atoms with Crippen LogP contribution in [0.5, 0.6) is 5.75 Å². The van der Waals surface area contributed by atoms with Crippen molar-refractivity contribution in [2.45, 2.75) is 64.5 Å². The second-order valence-electron chi connectivity index (χ2n) is 7.14. The molecule has 2 aromatic rings. The molecule has 1 amide bonds. The van der Waals surface area contributed by atoms with Crippen molar-refractivity contribution in [3.05, 3.63) is 39.7 Å². The van der Waals surface area contributed by atoms with Crippen LogP contribution in [0.3, 0.4) is 0 Å². The third-order valence-electron chi connectivity index (χ3n) is 5.06. The third kappa shape index (κ3) is 4.18. The highest BCUT2D eigenvalue weighted by Gasteiger charge is 2.21. The first-order chi connectivity index (χ1) is 13.4. The number of rotatable bonds is 7. The van der Waals surface area contributed by atoms with Gasteiger partial charge in [0.15, 0.2) is 6.10 Å². The summed E-state index contributed by atoms with van der Waals surface area (Å²) in [4.78, 5) is 35.6. The smallest absolute Gasteiger partial charge is 0.339 e. The van der Waals surface area contributed by atoms with Gasteiger partial charge in [-0.1, -0.05) is 13.3 Å². The number of ether oxygens (including phenoxy) is 1. The first kappa shape index (κ1) is 19.9. The van der Waals surface area contributed by atoms with E-state index in [2.05, 4.69) is 5.32 Å². The number of carbonyl (C=O) groups is 2. The normalized spacial score (nSPS) is 15.5. The molecule has 0 aliphatic heterocycles. The second-order valence-corrected chi connectivity index (χ2v) is 7.14. The van der Waals surface area contributed by atoms with Crippen molar-refractivity contribution >= 4 is 22.8 Å². The lowest BCUT2D eigenvalue weighted by Gasteiger charge is -2.22. The van der Waals surface area contributed by atoms with Crippen LogP contribution in [0.2, 0.25) is 0 Å². The molecule has 3 rings (SSSR count). The lowest BCUT2D eigenvalue weighted by atomic mass is 9.91. The van der Waals surface area contributed by atoms with Gasteiger partial charge in [0.1, 0.15) is 11.3 Å². The number of hydrogen-bond acceptors (Lipinski definition) is 6. The summed E-state index contributed by atoms with van der Waals surface area (Å²) in [5.74, 6) is -1.50. The molecule has 1 heterocycles. The van der Waals surface area contributed by atoms with Gasteiger partial charge in [0, 0.05) is 17.0 Å². The zero-order valence-corrected chi connectivity index (χ0v) is 16.1. The summed E-state index contributed by atoms with van der Waals surface area (Å²) in [6.07, 6.45) is 3.58. The quantitative estimate of drug-likeness (QED) is 0.722. The number of carboxylic acids is 1. The molecule has 0 saturated carbocycles. The van der Waals surface area contributed by atoms with Gasteiger partial charge in [0.25, 0.3) is 5.91 Å². The lowest BCUT2D eigenvalue weighted by Crippen LogP contribution is -2.51. The Balaban J connectivity index is 1.78. The Bertz CT molecular complexity index is 948. The minimum atomic E-state index is -1.32. The molecular weight excluding hydrogens is 362 g/mol. The van der Waals surface area contributed by atoms with Gasteiger partial charge in [-0.2, -0.15) is 0 Å². The van der Waals surface area contributed by atoms with E-state index < -0.39 is 24.0 Å². The largest absolute Gasteiger partial charge is 0.548 e. The summed E-state index contributed by atoms with van der Waals surface area (Å²) in [5.41, 5.74) is 1.89. The monoisotopic (exact) mass is 386 g/mol. The molecule has 1 aromatic carbocycles. The van der Waals surface area contributed by atoms with E-state index in [1.165, 1.54) is 6.92 Å². The maximum atomic E-state index is 12.2. The van der Waals surface area contributed by atoms with E-state index >= 15 is 0 Å². The number of nitrogens with one attached hydrogen (secondary N) is 1. The molecule has 0 bridgehead atoms. The highest BCUT2D eigenvalue weighted by molar-refractivity contribution is 5.86. The maximum absolute atomic E-state index is 12.2. The lowest BCUT2D eigenvalue weighted by molar-refractivity contribution is -0.308. The average Bonchev–Trinajstić information content (AvgIpc) is 2.67. The first-order valence-electron chi connectivity index (χ1n) is 9.67. The first-order valence-corrected chi connectivity index (χ1v) is 9.67. The van der Waals surface area contributed by atoms with E-state index in [4.69, 9.17) is 9.15 Å². The molecular formula is C21H24NO6-. The summed E-state index contributed by atoms with van der Waals surface area (Å²) in [6, 6.07) is 4.11. The van der Waals surface area contributed by atoms with E-state index in [-0.39, 0.29) is 12.0 Å². The van der Waals surface area contributed by atoms with Gasteiger partial charge in [0.2, 0.25) is 0 Å². The fourth-order valence-electron chi connectivity index (χ4n) is 3.58. The maximum Gasteiger partial charge on any atom is 0.339 e. The number of benzene rings is 1. The molecule has 1 aliphatic rings. The number of carboxylic acid groups (broad SMARTS) is 1. The molecule has 7 heteroatoms. The molecule has 1 aromatic heterocycles. The average molecular weight is 386 g/mol. The van der Waals surface area contributed by atoms with Crippen molar-refractivity contribution in [2.75, 3.05) is 0 Å². The van der Waals surface area contributed by atoms with Gasteiger partial charge in [-0.15, -0.1) is 0 Å². The van der Waals surface area contributed by atoms with Crippen LogP contribution in [0, 0.1) is 0 Å². The summed E-state index contributed by atoms with van der Waals surface area (Å²) in [7, 11) is 0. The van der Waals surface area contributed by atoms with Crippen molar-refractivity contribution < 1.29 is 23.8 Å². The summed E-state index contributed by atoms with van der Waals surface area (Å²) in [5, 5.41) is 14.4. The highest BCUT2D eigenvalue weighted by atomic mass is 16.5. The minimum absolute atomic E-state index is 0.285. The number of hydrogen-bond donors (Lipinski definition) is 1. The van der Waals surface area contributed by atoms with Gasteiger partial charge in [-0.3, -0.25) is 4.79 Å². The zero-order chi connectivity index (χ0) is 20.3. The number of aliphatic carboxylic acids is 1. The molecule has 1 aliphatic carbocycles. The number of amides is 1. The molecule has 2 atom stereocenters. The molecule has 0 fully saturated rings. The predicted molar refractivity (Wildman–Crippen MR) is 101 cm³/mol. The van der Waals surface area contributed by atoms with E-state index in [0.29, 0.717) is 17.8 Å². The van der Waals surface area contributed by atoms with Crippen LogP contribution in [-0.4, -0.2) is 24.0 Å². The number of carbonyl (C=O) groups excluding carboxylic acids is 2. The fraction of sp³-hybridized carbons (Fsp3) is 0.476. The van der Waals surface area contributed by atoms with Crippen molar-refractivity contribution in [1.82, 2.24) is 5.32 Å². The van der Waals surface area contributed by atoms with Gasteiger partial charge < -0.3 is 24.4 Å². The third-order valence-corrected chi connectivity index (χ3v) is 5.06. The Morgan fingerprint density at radius 3 is 2.64 bits per heavy atom. The predicted octanol–water partition coefficient (Wildman–Crippen LogP) is 1.47. The SMILES string of the molecule is CCC[C@H](NC(=O)[C@H](C)Oc1ccc2c3c(c(=O)oc2c1)CCCC3)C(=O)[O-]. The molecule has 28 heavy (non-hydrogen) atoms. The molecule has 0 radical (unpaired) electrons. The van der Waals surface area contributed by atoms with Crippen LogP contribution >= 0.6 is 0 Å². The summed E-state index contributed by atoms with van der Waals surface area (Å²) < 4.78 is 11.1. The Kier molecular flexibility index (Phi) is 6.02. The fourth-order valence-corrected chi connectivity index (χ4v) is 3.58. The van der Waals surface area contributed by atoms with E-state index in [9.17, 15) is 19.5 Å². The van der Waals surface area contributed by atoms with Crippen LogP contribution in [0.4, 0.5) is 0 Å². The molecule has 0 spiro atoms. The minimum Gasteiger partial charge on any atom is -0.548 e. The molecule has 150 valence electrons. The van der Waals surface area contributed by atoms with Crippen LogP contribution in [-0.2, 0) is 22.4 Å². The molecule has 7 nitrogen and oxygen atoms in total. The van der Waals surface area contributed by atoms with Crippen molar-refractivity contribution in [2.24, 2.45) is 0 Å². The van der Waals surface area contributed by atoms with Gasteiger partial charge in [-0.25, -0.2) is 4.79 Å². The standard InChI is InChI=1S/C21H25NO6/c1-3-6-17(20(24)25)22-19(23)12(2)27-13-9-10-15-14-7-4-5-8-16(14)21(26)28-18(15)11-13/h9-12,17H,3-8H2,1-2H3,(H,22,23)(H,24,25)/p-1/t12-,17-/m0/s1.